The predicted molar refractivity (Wildman–Crippen MR) is 124 cm³/mol. The standard InChI is InChI=1S/C25H21BrN2O3/c1-2-16(25(29)30)14-23-24(28-22-15-19(26)10-13-21(22)27-23)31-20-11-8-18(9-12-20)17-6-4-3-5-7-17/h3-13,15-16H,2,14H2,1H3,(H,29,30). The van der Waals surface area contributed by atoms with Crippen molar-refractivity contribution in [2.45, 2.75) is 19.8 Å². The molecule has 0 aliphatic carbocycles. The molecule has 5 nitrogen and oxygen atoms in total. The number of fused-ring (bicyclic) bond motifs is 1. The highest BCUT2D eigenvalue weighted by Gasteiger charge is 2.21. The molecule has 0 spiro atoms. The number of carboxylic acid groups (broad SMARTS) is 1. The SMILES string of the molecule is CCC(Cc1nc2ccc(Br)cc2nc1Oc1ccc(-c2ccccc2)cc1)C(=O)O. The van der Waals surface area contributed by atoms with Crippen LogP contribution in [-0.4, -0.2) is 21.0 Å². The van der Waals surface area contributed by atoms with Gasteiger partial charge in [0.2, 0.25) is 5.88 Å². The van der Waals surface area contributed by atoms with Crippen LogP contribution in [0.15, 0.2) is 77.3 Å². The van der Waals surface area contributed by atoms with Gasteiger partial charge in [0.1, 0.15) is 11.4 Å². The first-order valence-electron chi connectivity index (χ1n) is 10.1. The van der Waals surface area contributed by atoms with E-state index >= 15 is 0 Å². The van der Waals surface area contributed by atoms with Crippen LogP contribution in [0, 0.1) is 5.92 Å². The lowest BCUT2D eigenvalue weighted by atomic mass is 10.0. The monoisotopic (exact) mass is 476 g/mol. The van der Waals surface area contributed by atoms with Crippen molar-refractivity contribution in [1.29, 1.82) is 0 Å². The second kappa shape index (κ2) is 9.27. The van der Waals surface area contributed by atoms with Gasteiger partial charge < -0.3 is 9.84 Å². The Morgan fingerprint density at radius 2 is 1.68 bits per heavy atom. The van der Waals surface area contributed by atoms with Gasteiger partial charge in [-0.15, -0.1) is 0 Å². The third-order valence-electron chi connectivity index (χ3n) is 5.12. The lowest BCUT2D eigenvalue weighted by Crippen LogP contribution is -2.17. The molecule has 0 radical (unpaired) electrons. The minimum Gasteiger partial charge on any atom is -0.481 e. The van der Waals surface area contributed by atoms with E-state index in [2.05, 4.69) is 38.0 Å². The Kier molecular flexibility index (Phi) is 6.28. The number of halogens is 1. The first-order valence-corrected chi connectivity index (χ1v) is 10.8. The summed E-state index contributed by atoms with van der Waals surface area (Å²) >= 11 is 3.46. The molecule has 0 fully saturated rings. The van der Waals surface area contributed by atoms with E-state index in [4.69, 9.17) is 4.74 Å². The fourth-order valence-electron chi connectivity index (χ4n) is 3.36. The van der Waals surface area contributed by atoms with E-state index in [0.717, 1.165) is 15.6 Å². The molecule has 3 aromatic carbocycles. The number of aliphatic carboxylic acids is 1. The van der Waals surface area contributed by atoms with Crippen molar-refractivity contribution >= 4 is 32.9 Å². The van der Waals surface area contributed by atoms with E-state index in [9.17, 15) is 9.90 Å². The van der Waals surface area contributed by atoms with E-state index in [0.29, 0.717) is 34.8 Å². The van der Waals surface area contributed by atoms with Crippen LogP contribution in [0.3, 0.4) is 0 Å². The number of ether oxygens (including phenoxy) is 1. The van der Waals surface area contributed by atoms with Crippen LogP contribution in [0.5, 0.6) is 11.6 Å². The highest BCUT2D eigenvalue weighted by atomic mass is 79.9. The quantitative estimate of drug-likeness (QED) is 0.329. The molecule has 0 saturated heterocycles. The maximum atomic E-state index is 11.6. The summed E-state index contributed by atoms with van der Waals surface area (Å²) in [5.74, 6) is -0.450. The van der Waals surface area contributed by atoms with Gasteiger partial charge in [-0.2, -0.15) is 0 Å². The summed E-state index contributed by atoms with van der Waals surface area (Å²) in [4.78, 5) is 20.9. The molecule has 1 heterocycles. The first-order chi connectivity index (χ1) is 15.0. The number of carboxylic acids is 1. The molecule has 1 N–H and O–H groups in total. The van der Waals surface area contributed by atoms with Gasteiger partial charge in [0.25, 0.3) is 0 Å². The predicted octanol–water partition coefficient (Wildman–Crippen LogP) is 6.50. The molecule has 1 aromatic heterocycles. The smallest absolute Gasteiger partial charge is 0.306 e. The van der Waals surface area contributed by atoms with Crippen LogP contribution < -0.4 is 4.74 Å². The number of hydrogen-bond donors (Lipinski definition) is 1. The van der Waals surface area contributed by atoms with Gasteiger partial charge in [-0.05, 0) is 47.9 Å². The highest BCUT2D eigenvalue weighted by molar-refractivity contribution is 9.10. The topological polar surface area (TPSA) is 72.3 Å². The lowest BCUT2D eigenvalue weighted by Gasteiger charge is -2.14. The molecular formula is C25H21BrN2O3. The number of carbonyl (C=O) groups is 1. The van der Waals surface area contributed by atoms with Crippen molar-refractivity contribution in [2.24, 2.45) is 5.92 Å². The molecule has 0 aliphatic heterocycles. The minimum atomic E-state index is -0.849. The van der Waals surface area contributed by atoms with Gasteiger partial charge in [-0.25, -0.2) is 9.97 Å². The molecule has 0 saturated carbocycles. The summed E-state index contributed by atoms with van der Waals surface area (Å²) in [5, 5.41) is 9.51. The zero-order chi connectivity index (χ0) is 21.8. The Bertz CT molecular complexity index is 1210. The Labute approximate surface area is 188 Å². The third-order valence-corrected chi connectivity index (χ3v) is 5.61. The summed E-state index contributed by atoms with van der Waals surface area (Å²) in [6.07, 6.45) is 0.753. The van der Waals surface area contributed by atoms with Crippen molar-refractivity contribution < 1.29 is 14.6 Å². The van der Waals surface area contributed by atoms with E-state index in [1.165, 1.54) is 0 Å². The van der Waals surface area contributed by atoms with Gasteiger partial charge >= 0.3 is 5.97 Å². The van der Waals surface area contributed by atoms with Crippen LogP contribution in [-0.2, 0) is 11.2 Å². The van der Waals surface area contributed by atoms with E-state index in [1.807, 2.05) is 67.6 Å². The van der Waals surface area contributed by atoms with Crippen LogP contribution in [0.25, 0.3) is 22.2 Å². The second-order valence-electron chi connectivity index (χ2n) is 7.25. The minimum absolute atomic E-state index is 0.252. The average molecular weight is 477 g/mol. The van der Waals surface area contributed by atoms with Crippen molar-refractivity contribution in [3.05, 3.63) is 83.0 Å². The van der Waals surface area contributed by atoms with E-state index in [1.54, 1.807) is 0 Å². The summed E-state index contributed by atoms with van der Waals surface area (Å²) in [6, 6.07) is 23.4. The van der Waals surface area contributed by atoms with Gasteiger partial charge in [0.15, 0.2) is 0 Å². The van der Waals surface area contributed by atoms with Crippen molar-refractivity contribution in [1.82, 2.24) is 9.97 Å². The molecule has 6 heteroatoms. The normalized spacial score (nSPS) is 11.9. The molecule has 1 unspecified atom stereocenters. The Morgan fingerprint density at radius 3 is 2.35 bits per heavy atom. The number of rotatable bonds is 7. The van der Waals surface area contributed by atoms with Gasteiger partial charge in [0, 0.05) is 10.9 Å². The van der Waals surface area contributed by atoms with Gasteiger partial charge in [-0.3, -0.25) is 4.79 Å². The van der Waals surface area contributed by atoms with Crippen LogP contribution in [0.4, 0.5) is 0 Å². The van der Waals surface area contributed by atoms with E-state index in [-0.39, 0.29) is 6.42 Å². The Morgan fingerprint density at radius 1 is 0.968 bits per heavy atom. The van der Waals surface area contributed by atoms with Crippen molar-refractivity contribution in [3.8, 4) is 22.8 Å². The zero-order valence-electron chi connectivity index (χ0n) is 17.0. The van der Waals surface area contributed by atoms with Crippen molar-refractivity contribution in [2.75, 3.05) is 0 Å². The van der Waals surface area contributed by atoms with Crippen LogP contribution >= 0.6 is 15.9 Å². The summed E-state index contributed by atoms with van der Waals surface area (Å²) in [6.45, 7) is 1.85. The maximum absolute atomic E-state index is 11.6. The fraction of sp³-hybridized carbons (Fsp3) is 0.160. The van der Waals surface area contributed by atoms with Crippen LogP contribution in [0.1, 0.15) is 19.0 Å². The summed E-state index contributed by atoms with van der Waals surface area (Å²) < 4.78 is 6.98. The van der Waals surface area contributed by atoms with Gasteiger partial charge in [0.05, 0.1) is 17.0 Å². The summed E-state index contributed by atoms with van der Waals surface area (Å²) in [7, 11) is 0. The molecular weight excluding hydrogens is 456 g/mol. The Hall–Kier alpha value is -3.25. The third kappa shape index (κ3) is 4.91. The molecule has 4 aromatic rings. The number of benzene rings is 3. The second-order valence-corrected chi connectivity index (χ2v) is 8.16. The largest absolute Gasteiger partial charge is 0.481 e. The number of hydrogen-bond acceptors (Lipinski definition) is 4. The van der Waals surface area contributed by atoms with E-state index < -0.39 is 11.9 Å². The number of aromatic nitrogens is 2. The molecule has 156 valence electrons. The Balaban J connectivity index is 1.69. The van der Waals surface area contributed by atoms with Crippen LogP contribution in [0.2, 0.25) is 0 Å². The fourth-order valence-corrected chi connectivity index (χ4v) is 3.71. The molecule has 0 bridgehead atoms. The molecule has 1 atom stereocenters. The number of nitrogens with zero attached hydrogens (tertiary/aromatic N) is 2. The molecule has 4 rings (SSSR count). The molecule has 0 amide bonds. The first kappa shape index (κ1) is 21.0. The molecule has 0 aliphatic rings. The lowest BCUT2D eigenvalue weighted by molar-refractivity contribution is -0.141. The summed E-state index contributed by atoms with van der Waals surface area (Å²) in [5.41, 5.74) is 4.12. The van der Waals surface area contributed by atoms with Crippen molar-refractivity contribution in [3.63, 3.8) is 0 Å². The highest BCUT2D eigenvalue weighted by Crippen LogP contribution is 2.30. The maximum Gasteiger partial charge on any atom is 0.306 e. The molecule has 31 heavy (non-hydrogen) atoms. The van der Waals surface area contributed by atoms with Gasteiger partial charge in [-0.1, -0.05) is 65.3 Å². The average Bonchev–Trinajstić information content (AvgIpc) is 2.78. The zero-order valence-corrected chi connectivity index (χ0v) is 18.5.